The zero-order chi connectivity index (χ0) is 18.8. The molecule has 27 heavy (non-hydrogen) atoms. The molecule has 2 saturated heterocycles. The van der Waals surface area contributed by atoms with Crippen molar-refractivity contribution in [2.75, 3.05) is 26.2 Å². The van der Waals surface area contributed by atoms with E-state index in [2.05, 4.69) is 14.4 Å². The molecule has 0 bridgehead atoms. The van der Waals surface area contributed by atoms with Crippen molar-refractivity contribution in [2.24, 2.45) is 7.05 Å². The van der Waals surface area contributed by atoms with Gasteiger partial charge in [0.15, 0.2) is 0 Å². The van der Waals surface area contributed by atoms with Gasteiger partial charge in [-0.05, 0) is 63.4 Å². The minimum absolute atomic E-state index is 0.306. The van der Waals surface area contributed by atoms with Gasteiger partial charge in [0.1, 0.15) is 5.82 Å². The average molecular weight is 389 g/mol. The monoisotopic (exact) mass is 388 g/mol. The van der Waals surface area contributed by atoms with Crippen LogP contribution in [-0.2, 0) is 18.3 Å². The average Bonchev–Trinajstić information content (AvgIpc) is 3.31. The molecule has 1 aromatic heterocycles. The number of fused-ring (bicyclic) bond motifs is 1. The topological polar surface area (TPSA) is 41.4 Å². The number of hydrogen-bond donors (Lipinski definition) is 0. The van der Waals surface area contributed by atoms with E-state index in [-0.39, 0.29) is 0 Å². The number of rotatable bonds is 5. The number of hydrogen-bond acceptors (Lipinski definition) is 3. The summed E-state index contributed by atoms with van der Waals surface area (Å²) in [5.41, 5.74) is 2.01. The Hall–Kier alpha value is -1.59. The number of aromatic nitrogens is 2. The zero-order valence-corrected chi connectivity index (χ0v) is 16.9. The molecule has 3 heterocycles. The molecule has 2 aromatic rings. The first kappa shape index (κ1) is 18.8. The van der Waals surface area contributed by atoms with Crippen LogP contribution in [0.5, 0.6) is 0 Å². The van der Waals surface area contributed by atoms with Crippen LogP contribution >= 0.6 is 11.6 Å². The second-order valence-electron chi connectivity index (χ2n) is 7.95. The molecule has 2 aliphatic heterocycles. The van der Waals surface area contributed by atoms with Crippen LogP contribution in [0.1, 0.15) is 44.3 Å². The number of piperidine rings is 1. The Morgan fingerprint density at radius 1 is 1.22 bits per heavy atom. The van der Waals surface area contributed by atoms with E-state index in [0.29, 0.717) is 23.4 Å². The van der Waals surface area contributed by atoms with Crippen molar-refractivity contribution >= 4 is 28.5 Å². The van der Waals surface area contributed by atoms with Gasteiger partial charge in [-0.3, -0.25) is 9.69 Å². The van der Waals surface area contributed by atoms with Crippen LogP contribution in [0.2, 0.25) is 5.02 Å². The van der Waals surface area contributed by atoms with Gasteiger partial charge in [0.05, 0.1) is 11.0 Å². The SMILES string of the molecule is Cn1c(CCCC(=O)N2CCCC(N3CCCC3)C2)nc2cc(Cl)ccc21. The second kappa shape index (κ2) is 8.19. The molecular weight excluding hydrogens is 360 g/mol. The van der Waals surface area contributed by atoms with Gasteiger partial charge < -0.3 is 9.47 Å². The van der Waals surface area contributed by atoms with E-state index in [1.165, 1.54) is 32.4 Å². The number of benzene rings is 1. The smallest absolute Gasteiger partial charge is 0.222 e. The Bertz CT molecular complexity index is 812. The van der Waals surface area contributed by atoms with E-state index in [1.54, 1.807) is 0 Å². The first-order chi connectivity index (χ1) is 13.1. The molecule has 0 radical (unpaired) electrons. The van der Waals surface area contributed by atoms with Crippen LogP contribution in [0.3, 0.4) is 0 Å². The summed E-state index contributed by atoms with van der Waals surface area (Å²) in [5.74, 6) is 1.33. The summed E-state index contributed by atoms with van der Waals surface area (Å²) in [6.45, 7) is 4.27. The van der Waals surface area contributed by atoms with Crippen molar-refractivity contribution in [3.63, 3.8) is 0 Å². The lowest BCUT2D eigenvalue weighted by atomic mass is 10.0. The Kier molecular flexibility index (Phi) is 5.69. The van der Waals surface area contributed by atoms with Crippen molar-refractivity contribution in [2.45, 2.75) is 51.0 Å². The van der Waals surface area contributed by atoms with Crippen LogP contribution < -0.4 is 0 Å². The molecule has 0 aliphatic carbocycles. The summed E-state index contributed by atoms with van der Waals surface area (Å²) < 4.78 is 2.11. The normalized spacial score (nSPS) is 21.3. The number of imidazole rings is 1. The molecule has 2 aliphatic rings. The summed E-state index contributed by atoms with van der Waals surface area (Å²) in [5, 5.41) is 0.708. The number of aryl methyl sites for hydroxylation is 2. The van der Waals surface area contributed by atoms with Gasteiger partial charge in [0, 0.05) is 44.0 Å². The first-order valence-corrected chi connectivity index (χ1v) is 10.6. The van der Waals surface area contributed by atoms with E-state index in [1.807, 2.05) is 25.2 Å². The molecule has 1 atom stereocenters. The maximum Gasteiger partial charge on any atom is 0.222 e. The maximum atomic E-state index is 12.7. The lowest BCUT2D eigenvalue weighted by molar-refractivity contribution is -0.133. The lowest BCUT2D eigenvalue weighted by Crippen LogP contribution is -2.48. The summed E-state index contributed by atoms with van der Waals surface area (Å²) in [4.78, 5) is 22.1. The quantitative estimate of drug-likeness (QED) is 0.785. The van der Waals surface area contributed by atoms with Crippen LogP contribution in [0, 0.1) is 0 Å². The number of amides is 1. The third-order valence-electron chi connectivity index (χ3n) is 6.13. The highest BCUT2D eigenvalue weighted by atomic mass is 35.5. The van der Waals surface area contributed by atoms with Gasteiger partial charge in [-0.15, -0.1) is 0 Å². The van der Waals surface area contributed by atoms with Gasteiger partial charge >= 0.3 is 0 Å². The molecule has 1 unspecified atom stereocenters. The molecule has 0 N–H and O–H groups in total. The number of likely N-dealkylation sites (tertiary alicyclic amines) is 2. The second-order valence-corrected chi connectivity index (χ2v) is 8.39. The molecule has 4 rings (SSSR count). The fraction of sp³-hybridized carbons (Fsp3) is 0.619. The van der Waals surface area contributed by atoms with Gasteiger partial charge in [-0.1, -0.05) is 11.6 Å². The van der Waals surface area contributed by atoms with Crippen molar-refractivity contribution in [1.29, 1.82) is 0 Å². The fourth-order valence-electron chi connectivity index (χ4n) is 4.59. The van der Waals surface area contributed by atoms with Crippen molar-refractivity contribution in [1.82, 2.24) is 19.4 Å². The Morgan fingerprint density at radius 2 is 2.04 bits per heavy atom. The molecular formula is C21H29ClN4O. The number of carbonyl (C=O) groups is 1. The predicted octanol–water partition coefficient (Wildman–Crippen LogP) is 3.64. The van der Waals surface area contributed by atoms with Gasteiger partial charge in [-0.2, -0.15) is 0 Å². The van der Waals surface area contributed by atoms with Gasteiger partial charge in [-0.25, -0.2) is 4.98 Å². The highest BCUT2D eigenvalue weighted by molar-refractivity contribution is 6.31. The van der Waals surface area contributed by atoms with E-state index in [4.69, 9.17) is 16.6 Å². The molecule has 146 valence electrons. The third kappa shape index (κ3) is 4.14. The maximum absolute atomic E-state index is 12.7. The largest absolute Gasteiger partial charge is 0.341 e. The van der Waals surface area contributed by atoms with Crippen LogP contribution in [0.25, 0.3) is 11.0 Å². The predicted molar refractivity (Wildman–Crippen MR) is 109 cm³/mol. The summed E-state index contributed by atoms with van der Waals surface area (Å²) >= 11 is 6.07. The Balaban J connectivity index is 1.31. The highest BCUT2D eigenvalue weighted by Gasteiger charge is 2.28. The third-order valence-corrected chi connectivity index (χ3v) is 6.37. The summed E-state index contributed by atoms with van der Waals surface area (Å²) in [6.07, 6.45) is 7.27. The zero-order valence-electron chi connectivity index (χ0n) is 16.2. The molecule has 0 saturated carbocycles. The standard InChI is InChI=1S/C21H29ClN4O/c1-24-19-10-9-16(22)14-18(19)23-20(24)7-4-8-21(27)26-13-5-6-17(15-26)25-11-2-3-12-25/h9-10,14,17H,2-8,11-13,15H2,1H3. The Labute approximate surface area is 166 Å². The molecule has 1 amide bonds. The molecule has 6 heteroatoms. The number of nitrogens with zero attached hydrogens (tertiary/aromatic N) is 4. The minimum Gasteiger partial charge on any atom is -0.341 e. The first-order valence-electron chi connectivity index (χ1n) is 10.2. The molecule has 0 spiro atoms. The molecule has 5 nitrogen and oxygen atoms in total. The Morgan fingerprint density at radius 3 is 2.85 bits per heavy atom. The van der Waals surface area contributed by atoms with E-state index < -0.39 is 0 Å². The van der Waals surface area contributed by atoms with Crippen molar-refractivity contribution < 1.29 is 4.79 Å². The highest BCUT2D eigenvalue weighted by Crippen LogP contribution is 2.22. The molecule has 1 aromatic carbocycles. The van der Waals surface area contributed by atoms with Crippen LogP contribution in [0.4, 0.5) is 0 Å². The fourth-order valence-corrected chi connectivity index (χ4v) is 4.75. The van der Waals surface area contributed by atoms with Gasteiger partial charge in [0.25, 0.3) is 0 Å². The lowest BCUT2D eigenvalue weighted by Gasteiger charge is -2.37. The van der Waals surface area contributed by atoms with Gasteiger partial charge in [0.2, 0.25) is 5.91 Å². The van der Waals surface area contributed by atoms with E-state index in [9.17, 15) is 4.79 Å². The van der Waals surface area contributed by atoms with E-state index in [0.717, 1.165) is 49.2 Å². The van der Waals surface area contributed by atoms with Crippen molar-refractivity contribution in [3.05, 3.63) is 29.0 Å². The number of carbonyl (C=O) groups excluding carboxylic acids is 1. The summed E-state index contributed by atoms with van der Waals surface area (Å²) in [7, 11) is 2.03. The summed E-state index contributed by atoms with van der Waals surface area (Å²) in [6, 6.07) is 6.38. The minimum atomic E-state index is 0.306. The van der Waals surface area contributed by atoms with Crippen molar-refractivity contribution in [3.8, 4) is 0 Å². The van der Waals surface area contributed by atoms with Crippen LogP contribution in [-0.4, -0.2) is 57.5 Å². The van der Waals surface area contributed by atoms with E-state index >= 15 is 0 Å². The molecule has 2 fully saturated rings. The number of halogens is 1. The van der Waals surface area contributed by atoms with Crippen LogP contribution in [0.15, 0.2) is 18.2 Å².